The predicted octanol–water partition coefficient (Wildman–Crippen LogP) is 3.17. The molecule has 1 aromatic carbocycles. The maximum absolute atomic E-state index is 13.3. The van der Waals surface area contributed by atoms with Crippen LogP contribution in [0.15, 0.2) is 18.2 Å². The van der Waals surface area contributed by atoms with Crippen LogP contribution in [0, 0.1) is 17.6 Å². The fourth-order valence-electron chi connectivity index (χ4n) is 2.94. The Kier molecular flexibility index (Phi) is 5.11. The molecule has 0 aliphatic carbocycles. The molecule has 2 nitrogen and oxygen atoms in total. The van der Waals surface area contributed by atoms with E-state index >= 15 is 0 Å². The van der Waals surface area contributed by atoms with Crippen LogP contribution in [-0.4, -0.2) is 30.1 Å². The summed E-state index contributed by atoms with van der Waals surface area (Å²) >= 11 is 0. The lowest BCUT2D eigenvalue weighted by Gasteiger charge is -2.40. The largest absolute Gasteiger partial charge is 0.311 e. The third kappa shape index (κ3) is 4.25. The van der Waals surface area contributed by atoms with Gasteiger partial charge in [-0.05, 0) is 37.0 Å². The maximum Gasteiger partial charge on any atom is 0.126 e. The van der Waals surface area contributed by atoms with Crippen molar-refractivity contribution in [3.8, 4) is 0 Å². The molecule has 0 amide bonds. The van der Waals surface area contributed by atoms with Gasteiger partial charge in [0.15, 0.2) is 0 Å². The number of halogens is 2. The molecule has 1 saturated heterocycles. The molecule has 0 aromatic heterocycles. The highest BCUT2D eigenvalue weighted by atomic mass is 19.1. The summed E-state index contributed by atoms with van der Waals surface area (Å²) in [7, 11) is 0. The fraction of sp³-hybridized carbons (Fsp3) is 0.625. The Balaban J connectivity index is 2.10. The number of hydrogen-bond donors (Lipinski definition) is 1. The van der Waals surface area contributed by atoms with Crippen molar-refractivity contribution in [3.63, 3.8) is 0 Å². The first kappa shape index (κ1) is 15.4. The lowest BCUT2D eigenvalue weighted by Crippen LogP contribution is -2.55. The Labute approximate surface area is 120 Å². The van der Waals surface area contributed by atoms with Gasteiger partial charge >= 0.3 is 0 Å². The Morgan fingerprint density at radius 2 is 1.90 bits per heavy atom. The molecule has 1 aliphatic heterocycles. The molecule has 20 heavy (non-hydrogen) atoms. The zero-order valence-electron chi connectivity index (χ0n) is 12.5. The van der Waals surface area contributed by atoms with Crippen LogP contribution in [0.5, 0.6) is 0 Å². The molecule has 1 aromatic rings. The molecule has 0 saturated carbocycles. The van der Waals surface area contributed by atoms with Crippen LogP contribution < -0.4 is 5.32 Å². The average Bonchev–Trinajstić information content (AvgIpc) is 2.31. The highest BCUT2D eigenvalue weighted by Crippen LogP contribution is 2.19. The fourth-order valence-corrected chi connectivity index (χ4v) is 2.94. The Morgan fingerprint density at radius 1 is 1.25 bits per heavy atom. The summed E-state index contributed by atoms with van der Waals surface area (Å²) < 4.78 is 26.6. The van der Waals surface area contributed by atoms with Gasteiger partial charge < -0.3 is 5.32 Å². The molecule has 2 atom stereocenters. The zero-order valence-corrected chi connectivity index (χ0v) is 12.5. The van der Waals surface area contributed by atoms with Crippen molar-refractivity contribution in [3.05, 3.63) is 35.4 Å². The Morgan fingerprint density at radius 3 is 2.50 bits per heavy atom. The van der Waals surface area contributed by atoms with Gasteiger partial charge in [-0.25, -0.2) is 8.78 Å². The van der Waals surface area contributed by atoms with Crippen LogP contribution in [0.25, 0.3) is 0 Å². The van der Waals surface area contributed by atoms with E-state index in [9.17, 15) is 8.78 Å². The number of hydrogen-bond acceptors (Lipinski definition) is 2. The van der Waals surface area contributed by atoms with Crippen LogP contribution in [0.4, 0.5) is 8.78 Å². The second kappa shape index (κ2) is 6.64. The predicted molar refractivity (Wildman–Crippen MR) is 77.5 cm³/mol. The van der Waals surface area contributed by atoms with Crippen molar-refractivity contribution < 1.29 is 8.78 Å². The Bertz CT molecular complexity index is 428. The molecule has 112 valence electrons. The van der Waals surface area contributed by atoms with E-state index in [1.165, 1.54) is 12.1 Å². The number of nitrogens with one attached hydrogen (secondary N) is 1. The minimum atomic E-state index is -0.497. The summed E-state index contributed by atoms with van der Waals surface area (Å²) in [4.78, 5) is 2.34. The standard InChI is InChI=1S/C16H24F2N2/c1-11(2)4-16-8-19-12(3)9-20(16)10-13-5-14(17)7-15(18)6-13/h5-7,11-12,16,19H,4,8-10H2,1-3H3. The molecule has 1 aliphatic rings. The van der Waals surface area contributed by atoms with Crippen molar-refractivity contribution in [2.45, 2.75) is 45.8 Å². The molecule has 0 bridgehead atoms. The molecule has 4 heteroatoms. The van der Waals surface area contributed by atoms with E-state index in [1.807, 2.05) is 0 Å². The third-order valence-corrected chi connectivity index (χ3v) is 3.78. The maximum atomic E-state index is 13.3. The van der Waals surface area contributed by atoms with Crippen molar-refractivity contribution in [1.82, 2.24) is 10.2 Å². The lowest BCUT2D eigenvalue weighted by atomic mass is 9.98. The van der Waals surface area contributed by atoms with Crippen LogP contribution >= 0.6 is 0 Å². The van der Waals surface area contributed by atoms with Gasteiger partial charge in [0.25, 0.3) is 0 Å². The number of benzene rings is 1. The third-order valence-electron chi connectivity index (χ3n) is 3.78. The van der Waals surface area contributed by atoms with Crippen LogP contribution in [0.3, 0.4) is 0 Å². The summed E-state index contributed by atoms with van der Waals surface area (Å²) in [5.41, 5.74) is 0.713. The minimum absolute atomic E-state index is 0.414. The van der Waals surface area contributed by atoms with Gasteiger partial charge in [0.05, 0.1) is 0 Å². The first-order valence-corrected chi connectivity index (χ1v) is 7.36. The topological polar surface area (TPSA) is 15.3 Å². The van der Waals surface area contributed by atoms with Crippen molar-refractivity contribution in [2.75, 3.05) is 13.1 Å². The summed E-state index contributed by atoms with van der Waals surface area (Å²) in [6.45, 7) is 9.02. The second-order valence-electron chi connectivity index (χ2n) is 6.30. The molecule has 0 radical (unpaired) electrons. The number of rotatable bonds is 4. The van der Waals surface area contributed by atoms with E-state index in [4.69, 9.17) is 0 Å². The van der Waals surface area contributed by atoms with Crippen molar-refractivity contribution >= 4 is 0 Å². The first-order valence-electron chi connectivity index (χ1n) is 7.36. The van der Waals surface area contributed by atoms with E-state index in [-0.39, 0.29) is 0 Å². The normalized spacial score (nSPS) is 24.3. The first-order chi connectivity index (χ1) is 9.44. The molecule has 1 heterocycles. The van der Waals surface area contributed by atoms with Crippen LogP contribution in [0.1, 0.15) is 32.8 Å². The lowest BCUT2D eigenvalue weighted by molar-refractivity contribution is 0.111. The minimum Gasteiger partial charge on any atom is -0.311 e. The SMILES string of the molecule is CC(C)CC1CNC(C)CN1Cc1cc(F)cc(F)c1. The van der Waals surface area contributed by atoms with Crippen LogP contribution in [-0.2, 0) is 6.54 Å². The monoisotopic (exact) mass is 282 g/mol. The van der Waals surface area contributed by atoms with Gasteiger partial charge in [0.1, 0.15) is 11.6 Å². The highest BCUT2D eigenvalue weighted by molar-refractivity contribution is 5.18. The molecular formula is C16H24F2N2. The van der Waals surface area contributed by atoms with Crippen molar-refractivity contribution in [1.29, 1.82) is 0 Å². The smallest absolute Gasteiger partial charge is 0.126 e. The van der Waals surface area contributed by atoms with Gasteiger partial charge in [-0.15, -0.1) is 0 Å². The Hall–Kier alpha value is -1.00. The number of piperazine rings is 1. The van der Waals surface area contributed by atoms with E-state index in [0.717, 1.165) is 25.6 Å². The molecule has 0 spiro atoms. The van der Waals surface area contributed by atoms with Crippen LogP contribution in [0.2, 0.25) is 0 Å². The summed E-state index contributed by atoms with van der Waals surface area (Å²) in [5.74, 6) is -0.380. The second-order valence-corrected chi connectivity index (χ2v) is 6.30. The summed E-state index contributed by atoms with van der Waals surface area (Å²) in [6.07, 6.45) is 1.09. The van der Waals surface area contributed by atoms with E-state index < -0.39 is 11.6 Å². The zero-order chi connectivity index (χ0) is 14.7. The molecule has 1 N–H and O–H groups in total. The van der Waals surface area contributed by atoms with E-state index in [2.05, 4.69) is 31.0 Å². The summed E-state index contributed by atoms with van der Waals surface area (Å²) in [5, 5.41) is 3.49. The van der Waals surface area contributed by atoms with Gasteiger partial charge in [0, 0.05) is 37.8 Å². The van der Waals surface area contributed by atoms with Crippen molar-refractivity contribution in [2.24, 2.45) is 5.92 Å². The molecule has 2 unspecified atom stereocenters. The average molecular weight is 282 g/mol. The highest BCUT2D eigenvalue weighted by Gasteiger charge is 2.26. The van der Waals surface area contributed by atoms with Gasteiger partial charge in [0.2, 0.25) is 0 Å². The van der Waals surface area contributed by atoms with Gasteiger partial charge in [-0.2, -0.15) is 0 Å². The van der Waals surface area contributed by atoms with E-state index in [1.54, 1.807) is 0 Å². The van der Waals surface area contributed by atoms with Gasteiger partial charge in [-0.3, -0.25) is 4.90 Å². The molecule has 2 rings (SSSR count). The molecular weight excluding hydrogens is 258 g/mol. The quantitative estimate of drug-likeness (QED) is 0.912. The summed E-state index contributed by atoms with van der Waals surface area (Å²) in [6, 6.07) is 4.63. The molecule has 1 fully saturated rings. The van der Waals surface area contributed by atoms with E-state index in [0.29, 0.717) is 30.1 Å². The van der Waals surface area contributed by atoms with Gasteiger partial charge in [-0.1, -0.05) is 13.8 Å². The number of nitrogens with zero attached hydrogens (tertiary/aromatic N) is 1.